The van der Waals surface area contributed by atoms with Crippen molar-refractivity contribution in [1.29, 1.82) is 0 Å². The van der Waals surface area contributed by atoms with Gasteiger partial charge in [0.2, 0.25) is 0 Å². The molecule has 0 fully saturated rings. The number of fused-ring (bicyclic) bond motifs is 6. The molecule has 0 amide bonds. The van der Waals surface area contributed by atoms with Gasteiger partial charge in [-0.1, -0.05) is 158 Å². The highest BCUT2D eigenvalue weighted by atomic mass is 16.3. The zero-order chi connectivity index (χ0) is 47.9. The Bertz CT molecular complexity index is 3970. The summed E-state index contributed by atoms with van der Waals surface area (Å²) in [7, 11) is 0. The molecule has 0 saturated carbocycles. The van der Waals surface area contributed by atoms with Crippen molar-refractivity contribution in [1.82, 2.24) is 19.5 Å². The minimum absolute atomic E-state index is 0.0210. The lowest BCUT2D eigenvalue weighted by molar-refractivity contribution is 0.669. The molecule has 0 N–H and O–H groups in total. The minimum atomic E-state index is -0.525. The molecule has 62 heavy (non-hydrogen) atoms. The normalized spacial score (nSPS) is 13.4. The highest BCUT2D eigenvalue weighted by Crippen LogP contribution is 2.40. The van der Waals surface area contributed by atoms with Crippen LogP contribution >= 0.6 is 0 Å². The quantitative estimate of drug-likeness (QED) is 0.161. The fourth-order valence-corrected chi connectivity index (χ4v) is 8.35. The first-order valence-corrected chi connectivity index (χ1v) is 20.2. The van der Waals surface area contributed by atoms with Gasteiger partial charge in [0.05, 0.1) is 27.7 Å². The maximum Gasteiger partial charge on any atom is 0.166 e. The Labute approximate surface area is 369 Å². The van der Waals surface area contributed by atoms with E-state index in [1.807, 2.05) is 121 Å². The Morgan fingerprint density at radius 1 is 0.355 bits per heavy atom. The van der Waals surface area contributed by atoms with Crippen LogP contribution in [-0.2, 0) is 0 Å². The molecule has 290 valence electrons. The molecule has 0 spiro atoms. The minimum Gasteiger partial charge on any atom is -0.456 e. The van der Waals surface area contributed by atoms with Gasteiger partial charge in [-0.25, -0.2) is 15.0 Å². The number of aromatic nitrogens is 4. The van der Waals surface area contributed by atoms with Crippen LogP contribution in [0, 0.1) is 0 Å². The van der Waals surface area contributed by atoms with E-state index < -0.39 is 48.3 Å². The van der Waals surface area contributed by atoms with Crippen molar-refractivity contribution in [2.45, 2.75) is 0 Å². The third-order valence-electron chi connectivity index (χ3n) is 11.3. The van der Waals surface area contributed by atoms with Gasteiger partial charge in [-0.15, -0.1) is 0 Å². The van der Waals surface area contributed by atoms with Crippen molar-refractivity contribution in [2.24, 2.45) is 0 Å². The molecular formula is C57H36N4O. The molecule has 12 aromatic rings. The van der Waals surface area contributed by atoms with Crippen LogP contribution in [0.5, 0.6) is 0 Å². The Morgan fingerprint density at radius 2 is 0.855 bits per heavy atom. The van der Waals surface area contributed by atoms with E-state index in [0.29, 0.717) is 39.6 Å². The summed E-state index contributed by atoms with van der Waals surface area (Å²) >= 11 is 0. The van der Waals surface area contributed by atoms with Crippen molar-refractivity contribution in [3.63, 3.8) is 0 Å². The van der Waals surface area contributed by atoms with Crippen molar-refractivity contribution in [3.05, 3.63) is 218 Å². The summed E-state index contributed by atoms with van der Waals surface area (Å²) in [5.74, 6) is 0.876. The Morgan fingerprint density at radius 3 is 1.50 bits per heavy atom. The maximum atomic E-state index is 9.38. The summed E-state index contributed by atoms with van der Waals surface area (Å²) in [4.78, 5) is 15.4. The van der Waals surface area contributed by atoms with Gasteiger partial charge in [-0.05, 0) is 94.0 Å². The fourth-order valence-electron chi connectivity index (χ4n) is 8.35. The number of para-hydroxylation sites is 3. The van der Waals surface area contributed by atoms with Crippen LogP contribution in [0.2, 0.25) is 0 Å². The Kier molecular flexibility index (Phi) is 6.67. The standard InChI is InChI=1S/C57H36N4O/c1-4-16-37(17-5-1)42-32-43(38-18-6-2-7-19-38)34-44(33-42)40-29-31-52(61-50-25-13-10-22-45(50)46-23-11-14-26-51(46)61)49(35-40)57-59-55(39-20-8-3-9-21-39)58-56(60-57)41-28-30-48-47-24-12-15-27-53(47)62-54(48)36-41/h1-36H/i10D,11D,13D,14D,22D,23D,25D,26D. The van der Waals surface area contributed by atoms with Gasteiger partial charge in [0, 0.05) is 38.2 Å². The largest absolute Gasteiger partial charge is 0.456 e. The van der Waals surface area contributed by atoms with Crippen LogP contribution in [-0.4, -0.2) is 19.5 Å². The van der Waals surface area contributed by atoms with E-state index >= 15 is 0 Å². The summed E-state index contributed by atoms with van der Waals surface area (Å²) in [5.41, 5.74) is 9.00. The predicted molar refractivity (Wildman–Crippen MR) is 254 cm³/mol. The lowest BCUT2D eigenvalue weighted by Gasteiger charge is -2.17. The second kappa shape index (κ2) is 14.7. The zero-order valence-electron chi connectivity index (χ0n) is 40.9. The van der Waals surface area contributed by atoms with Gasteiger partial charge in [0.1, 0.15) is 11.2 Å². The lowest BCUT2D eigenvalue weighted by Crippen LogP contribution is -2.04. The SMILES string of the molecule is [2H]c1c([2H])c([2H])c2c(c1[2H])c1c([2H])c([2H])c([2H])c([2H])c1n2-c1ccc(-c2cc(-c3ccccc3)cc(-c3ccccc3)c2)cc1-c1nc(-c2ccccc2)nc(-c2ccc3c(c2)oc2ccccc23)n1. The van der Waals surface area contributed by atoms with E-state index in [0.717, 1.165) is 49.7 Å². The molecule has 5 nitrogen and oxygen atoms in total. The van der Waals surface area contributed by atoms with E-state index in [1.54, 1.807) is 6.07 Å². The van der Waals surface area contributed by atoms with E-state index in [4.69, 9.17) is 27.6 Å². The number of benzene rings is 9. The monoisotopic (exact) mass is 800 g/mol. The van der Waals surface area contributed by atoms with Gasteiger partial charge < -0.3 is 8.98 Å². The lowest BCUT2D eigenvalue weighted by atomic mass is 9.92. The average Bonchev–Trinajstić information content (AvgIpc) is 3.97. The average molecular weight is 801 g/mol. The highest BCUT2D eigenvalue weighted by molar-refractivity contribution is 6.10. The van der Waals surface area contributed by atoms with Crippen molar-refractivity contribution in [3.8, 4) is 73.2 Å². The molecule has 0 radical (unpaired) electrons. The molecule has 3 heterocycles. The van der Waals surface area contributed by atoms with Gasteiger partial charge in [-0.2, -0.15) is 0 Å². The molecule has 0 unspecified atom stereocenters. The van der Waals surface area contributed by atoms with Crippen LogP contribution < -0.4 is 0 Å². The molecule has 0 aliphatic heterocycles. The van der Waals surface area contributed by atoms with E-state index in [2.05, 4.69) is 42.5 Å². The molecule has 0 aliphatic carbocycles. The summed E-state index contributed by atoms with van der Waals surface area (Å²) < 4.78 is 80.0. The summed E-state index contributed by atoms with van der Waals surface area (Å²) in [6, 6.07) is 51.6. The first-order valence-electron chi connectivity index (χ1n) is 24.2. The van der Waals surface area contributed by atoms with E-state index in [1.165, 1.54) is 4.57 Å². The van der Waals surface area contributed by atoms with Gasteiger partial charge in [-0.3, -0.25) is 0 Å². The summed E-state index contributed by atoms with van der Waals surface area (Å²) in [6.07, 6.45) is 0. The first kappa shape index (κ1) is 28.1. The molecule has 12 rings (SSSR count). The van der Waals surface area contributed by atoms with Gasteiger partial charge in [0.15, 0.2) is 17.5 Å². The van der Waals surface area contributed by atoms with Crippen molar-refractivity contribution < 1.29 is 15.4 Å². The summed E-state index contributed by atoms with van der Waals surface area (Å²) in [6.45, 7) is 0. The molecule has 3 aromatic heterocycles. The van der Waals surface area contributed by atoms with Crippen LogP contribution in [0.25, 0.3) is 117 Å². The fraction of sp³-hybridized carbons (Fsp3) is 0. The van der Waals surface area contributed by atoms with E-state index in [-0.39, 0.29) is 27.6 Å². The molecule has 0 aliphatic rings. The smallest absolute Gasteiger partial charge is 0.166 e. The number of hydrogen-bond donors (Lipinski definition) is 0. The number of rotatable bonds is 7. The van der Waals surface area contributed by atoms with E-state index in [9.17, 15) is 2.74 Å². The van der Waals surface area contributed by atoms with Crippen molar-refractivity contribution in [2.75, 3.05) is 0 Å². The highest BCUT2D eigenvalue weighted by Gasteiger charge is 2.21. The molecule has 0 atom stereocenters. The van der Waals surface area contributed by atoms with Crippen LogP contribution in [0.1, 0.15) is 11.0 Å². The number of hydrogen-bond acceptors (Lipinski definition) is 4. The third-order valence-corrected chi connectivity index (χ3v) is 11.3. The first-order chi connectivity index (χ1) is 34.0. The van der Waals surface area contributed by atoms with Gasteiger partial charge in [0.25, 0.3) is 0 Å². The summed E-state index contributed by atoms with van der Waals surface area (Å²) in [5, 5.41) is 1.83. The van der Waals surface area contributed by atoms with Gasteiger partial charge >= 0.3 is 0 Å². The predicted octanol–water partition coefficient (Wildman–Crippen LogP) is 14.9. The molecule has 9 aromatic carbocycles. The number of furan rings is 1. The topological polar surface area (TPSA) is 56.7 Å². The number of nitrogens with zero attached hydrogens (tertiary/aromatic N) is 4. The third kappa shape index (κ3) is 6.14. The van der Waals surface area contributed by atoms with Crippen molar-refractivity contribution >= 4 is 43.7 Å². The molecule has 0 bridgehead atoms. The zero-order valence-corrected chi connectivity index (χ0v) is 32.9. The van der Waals surface area contributed by atoms with Crippen LogP contribution in [0.3, 0.4) is 0 Å². The van der Waals surface area contributed by atoms with Crippen LogP contribution in [0.15, 0.2) is 223 Å². The molecule has 0 saturated heterocycles. The Balaban J connectivity index is 1.20. The molecular weight excluding hydrogens is 757 g/mol. The molecule has 5 heteroatoms. The maximum absolute atomic E-state index is 9.38. The van der Waals surface area contributed by atoms with Crippen LogP contribution in [0.4, 0.5) is 0 Å². The second-order valence-electron chi connectivity index (χ2n) is 15.0. The second-order valence-corrected chi connectivity index (χ2v) is 15.0. The Hall–Kier alpha value is -8.41.